The van der Waals surface area contributed by atoms with Crippen LogP contribution in [-0.4, -0.2) is 34.7 Å². The van der Waals surface area contributed by atoms with Gasteiger partial charge in [-0.3, -0.25) is 4.79 Å². The maximum atomic E-state index is 12.0. The van der Waals surface area contributed by atoms with Gasteiger partial charge in [0.15, 0.2) is 0 Å². The molecule has 5 nitrogen and oxygen atoms in total. The molecular formula is C15H17ClN4O. The van der Waals surface area contributed by atoms with Gasteiger partial charge in [-0.2, -0.15) is 5.10 Å². The predicted molar refractivity (Wildman–Crippen MR) is 85.4 cm³/mol. The Bertz CT molecular complexity index is 663. The molecule has 2 aromatic rings. The maximum absolute atomic E-state index is 12.0. The van der Waals surface area contributed by atoms with Crippen LogP contribution in [0.1, 0.15) is 15.9 Å². The zero-order chi connectivity index (χ0) is 15.4. The Balaban J connectivity index is 2.13. The Morgan fingerprint density at radius 2 is 2.29 bits per heavy atom. The van der Waals surface area contributed by atoms with Gasteiger partial charge in [-0.15, -0.1) is 0 Å². The van der Waals surface area contributed by atoms with Crippen LogP contribution in [0, 0.1) is 0 Å². The van der Waals surface area contributed by atoms with Crippen molar-refractivity contribution in [2.75, 3.05) is 19.4 Å². The van der Waals surface area contributed by atoms with Gasteiger partial charge in [0.05, 0.1) is 16.9 Å². The van der Waals surface area contributed by atoms with E-state index in [0.29, 0.717) is 17.1 Å². The molecule has 0 aliphatic rings. The second-order valence-electron chi connectivity index (χ2n) is 4.76. The molecule has 1 heterocycles. The SMILES string of the molecule is C=Cn1cc(CNc2cc(C(=O)N(C)C)ccc2Cl)cn1. The normalized spacial score (nSPS) is 10.2. The third-order valence-electron chi connectivity index (χ3n) is 2.94. The highest BCUT2D eigenvalue weighted by Gasteiger charge is 2.10. The molecule has 1 aromatic carbocycles. The van der Waals surface area contributed by atoms with Gasteiger partial charge >= 0.3 is 0 Å². The predicted octanol–water partition coefficient (Wildman–Crippen LogP) is 2.95. The Morgan fingerprint density at radius 1 is 1.52 bits per heavy atom. The summed E-state index contributed by atoms with van der Waals surface area (Å²) in [5.74, 6) is -0.0609. The molecule has 0 atom stereocenters. The zero-order valence-corrected chi connectivity index (χ0v) is 12.8. The monoisotopic (exact) mass is 304 g/mol. The van der Waals surface area contributed by atoms with Gasteiger partial charge in [0.25, 0.3) is 5.91 Å². The number of carbonyl (C=O) groups excluding carboxylic acids is 1. The number of aromatic nitrogens is 2. The fourth-order valence-electron chi connectivity index (χ4n) is 1.82. The summed E-state index contributed by atoms with van der Waals surface area (Å²) in [7, 11) is 3.43. The fraction of sp³-hybridized carbons (Fsp3) is 0.200. The van der Waals surface area contributed by atoms with Crippen molar-refractivity contribution in [2.45, 2.75) is 6.54 Å². The third kappa shape index (κ3) is 3.64. The quantitative estimate of drug-likeness (QED) is 0.924. The molecule has 0 unspecified atom stereocenters. The summed E-state index contributed by atoms with van der Waals surface area (Å²) in [4.78, 5) is 13.5. The first-order valence-electron chi connectivity index (χ1n) is 6.42. The summed E-state index contributed by atoms with van der Waals surface area (Å²) < 4.78 is 1.63. The Morgan fingerprint density at radius 3 is 2.90 bits per heavy atom. The molecule has 21 heavy (non-hydrogen) atoms. The van der Waals surface area contributed by atoms with Gasteiger partial charge in [-0.05, 0) is 18.2 Å². The average Bonchev–Trinajstić information content (AvgIpc) is 2.93. The molecule has 0 fully saturated rings. The molecule has 0 saturated carbocycles. The first-order valence-corrected chi connectivity index (χ1v) is 6.79. The number of nitrogens with one attached hydrogen (secondary N) is 1. The van der Waals surface area contributed by atoms with Crippen LogP contribution < -0.4 is 5.32 Å². The molecule has 0 radical (unpaired) electrons. The molecule has 110 valence electrons. The van der Waals surface area contributed by atoms with Gasteiger partial charge in [0, 0.05) is 44.2 Å². The lowest BCUT2D eigenvalue weighted by Gasteiger charge is -2.13. The number of anilines is 1. The van der Waals surface area contributed by atoms with E-state index < -0.39 is 0 Å². The first-order chi connectivity index (χ1) is 10.0. The number of nitrogens with zero attached hydrogens (tertiary/aromatic N) is 3. The van der Waals surface area contributed by atoms with Gasteiger partial charge in [-0.1, -0.05) is 18.2 Å². The summed E-state index contributed by atoms with van der Waals surface area (Å²) in [6.45, 7) is 4.20. The highest BCUT2D eigenvalue weighted by Crippen LogP contribution is 2.24. The summed E-state index contributed by atoms with van der Waals surface area (Å²) in [5.41, 5.74) is 2.31. The minimum atomic E-state index is -0.0609. The molecule has 0 aliphatic carbocycles. The van der Waals surface area contributed by atoms with Crippen molar-refractivity contribution in [2.24, 2.45) is 0 Å². The van der Waals surface area contributed by atoms with Crippen molar-refractivity contribution < 1.29 is 4.79 Å². The lowest BCUT2D eigenvalue weighted by atomic mass is 10.1. The third-order valence-corrected chi connectivity index (χ3v) is 3.27. The zero-order valence-electron chi connectivity index (χ0n) is 12.0. The number of carbonyl (C=O) groups is 1. The van der Waals surface area contributed by atoms with Crippen molar-refractivity contribution in [1.82, 2.24) is 14.7 Å². The van der Waals surface area contributed by atoms with Crippen LogP contribution in [0.15, 0.2) is 37.2 Å². The molecule has 0 saturated heterocycles. The number of benzene rings is 1. The van der Waals surface area contributed by atoms with Crippen LogP contribution in [0.25, 0.3) is 6.20 Å². The van der Waals surface area contributed by atoms with Gasteiger partial charge in [0.1, 0.15) is 0 Å². The van der Waals surface area contributed by atoms with Crippen molar-refractivity contribution >= 4 is 29.4 Å². The van der Waals surface area contributed by atoms with Crippen LogP contribution in [0.5, 0.6) is 0 Å². The van der Waals surface area contributed by atoms with Crippen LogP contribution in [0.3, 0.4) is 0 Å². The largest absolute Gasteiger partial charge is 0.380 e. The smallest absolute Gasteiger partial charge is 0.253 e. The molecule has 1 amide bonds. The number of hydrogen-bond acceptors (Lipinski definition) is 3. The minimum absolute atomic E-state index is 0.0609. The minimum Gasteiger partial charge on any atom is -0.380 e. The molecule has 0 spiro atoms. The van der Waals surface area contributed by atoms with Crippen molar-refractivity contribution in [1.29, 1.82) is 0 Å². The van der Waals surface area contributed by atoms with Crippen molar-refractivity contribution in [3.8, 4) is 0 Å². The van der Waals surface area contributed by atoms with E-state index in [-0.39, 0.29) is 5.91 Å². The molecule has 6 heteroatoms. The first kappa shape index (κ1) is 15.1. The Kier molecular flexibility index (Phi) is 4.65. The highest BCUT2D eigenvalue weighted by molar-refractivity contribution is 6.33. The second-order valence-corrected chi connectivity index (χ2v) is 5.17. The summed E-state index contributed by atoms with van der Waals surface area (Å²) in [6, 6.07) is 5.18. The van der Waals surface area contributed by atoms with Gasteiger partial charge < -0.3 is 10.2 Å². The number of rotatable bonds is 5. The molecule has 0 aliphatic heterocycles. The highest BCUT2D eigenvalue weighted by atomic mass is 35.5. The van der Waals surface area contributed by atoms with Crippen LogP contribution >= 0.6 is 11.6 Å². The van der Waals surface area contributed by atoms with Crippen LogP contribution in [0.4, 0.5) is 5.69 Å². The van der Waals surface area contributed by atoms with Crippen LogP contribution in [-0.2, 0) is 6.54 Å². The topological polar surface area (TPSA) is 50.2 Å². The molecular weight excluding hydrogens is 288 g/mol. The second kappa shape index (κ2) is 6.45. The van der Waals surface area contributed by atoms with Gasteiger partial charge in [-0.25, -0.2) is 4.68 Å². The van der Waals surface area contributed by atoms with E-state index in [0.717, 1.165) is 11.3 Å². The summed E-state index contributed by atoms with van der Waals surface area (Å²) in [6.07, 6.45) is 5.23. The van der Waals surface area contributed by atoms with Crippen LogP contribution in [0.2, 0.25) is 5.02 Å². The molecule has 1 aromatic heterocycles. The Labute approximate surface area is 128 Å². The van der Waals surface area contributed by atoms with Crippen molar-refractivity contribution in [3.63, 3.8) is 0 Å². The van der Waals surface area contributed by atoms with E-state index in [1.165, 1.54) is 4.90 Å². The number of amides is 1. The average molecular weight is 305 g/mol. The number of halogens is 1. The summed E-state index contributed by atoms with van der Waals surface area (Å²) >= 11 is 6.15. The van der Waals surface area contributed by atoms with E-state index in [2.05, 4.69) is 17.0 Å². The van der Waals surface area contributed by atoms with E-state index in [4.69, 9.17) is 11.6 Å². The fourth-order valence-corrected chi connectivity index (χ4v) is 2.00. The standard InChI is InChI=1S/C15H17ClN4O/c1-4-20-10-11(9-18-20)8-17-14-7-12(5-6-13(14)16)15(21)19(2)3/h4-7,9-10,17H,1,8H2,2-3H3. The van der Waals surface area contributed by atoms with E-state index in [9.17, 15) is 4.79 Å². The molecule has 1 N–H and O–H groups in total. The lowest BCUT2D eigenvalue weighted by Crippen LogP contribution is -2.21. The molecule has 0 bridgehead atoms. The molecule has 2 rings (SSSR count). The van der Waals surface area contributed by atoms with E-state index in [1.807, 2.05) is 6.20 Å². The lowest BCUT2D eigenvalue weighted by molar-refractivity contribution is 0.0827. The summed E-state index contributed by atoms with van der Waals surface area (Å²) in [5, 5.41) is 7.88. The van der Waals surface area contributed by atoms with E-state index >= 15 is 0 Å². The van der Waals surface area contributed by atoms with E-state index in [1.54, 1.807) is 49.4 Å². The Hall–Kier alpha value is -2.27. The number of hydrogen-bond donors (Lipinski definition) is 1. The van der Waals surface area contributed by atoms with Gasteiger partial charge in [0.2, 0.25) is 0 Å². The maximum Gasteiger partial charge on any atom is 0.253 e. The van der Waals surface area contributed by atoms with Crippen molar-refractivity contribution in [3.05, 3.63) is 53.3 Å².